The van der Waals surface area contributed by atoms with Gasteiger partial charge in [-0.2, -0.15) is 0 Å². The lowest BCUT2D eigenvalue weighted by Gasteiger charge is -2.16. The molecular weight excluding hydrogens is 838 g/mol. The Morgan fingerprint density at radius 1 is 0.397 bits per heavy atom. The van der Waals surface area contributed by atoms with Crippen LogP contribution in [0.4, 0.5) is 0 Å². The van der Waals surface area contributed by atoms with Gasteiger partial charge < -0.3 is 70.8 Å². The van der Waals surface area contributed by atoms with Crippen molar-refractivity contribution in [3.63, 3.8) is 0 Å². The molecule has 0 aromatic carbocycles. The van der Waals surface area contributed by atoms with Crippen LogP contribution in [0.25, 0.3) is 0 Å². The zero-order chi connectivity index (χ0) is 47.3. The third kappa shape index (κ3) is 36.0. The summed E-state index contributed by atoms with van der Waals surface area (Å²) in [5, 5.41) is 48.8. The monoisotopic (exact) mass is 905 g/mol. The Balaban J connectivity index is 3.90. The van der Waals surface area contributed by atoms with Gasteiger partial charge in [0, 0.05) is 45.2 Å². The highest BCUT2D eigenvalue weighted by Crippen LogP contribution is 2.11. The lowest BCUT2D eigenvalue weighted by molar-refractivity contribution is -0.144. The van der Waals surface area contributed by atoms with Gasteiger partial charge in [0.05, 0.1) is 39.6 Å². The Bertz CT molecular complexity index is 1430. The molecule has 0 radical (unpaired) electrons. The highest BCUT2D eigenvalue weighted by atomic mass is 16.5. The minimum absolute atomic E-state index is 0.0272. The van der Waals surface area contributed by atoms with Crippen molar-refractivity contribution in [2.24, 2.45) is 0 Å². The zero-order valence-corrected chi connectivity index (χ0v) is 36.1. The molecule has 0 saturated heterocycles. The van der Waals surface area contributed by atoms with Crippen LogP contribution in [-0.2, 0) is 66.9 Å². The number of amides is 5. The summed E-state index contributed by atoms with van der Waals surface area (Å²) in [4.78, 5) is 117. The van der Waals surface area contributed by atoms with Crippen molar-refractivity contribution in [2.45, 2.75) is 128 Å². The number of carboxylic acids is 4. The molecule has 0 fully saturated rings. The van der Waals surface area contributed by atoms with Crippen molar-refractivity contribution in [3.8, 4) is 0 Å². The van der Waals surface area contributed by atoms with Crippen LogP contribution in [0.5, 0.6) is 0 Å². The summed E-state index contributed by atoms with van der Waals surface area (Å²) in [7, 11) is 0. The topological polar surface area (TPSA) is 349 Å². The molecule has 0 aliphatic heterocycles. The quantitative estimate of drug-likeness (QED) is 0.0361. The van der Waals surface area contributed by atoms with Crippen molar-refractivity contribution in [3.05, 3.63) is 0 Å². The van der Waals surface area contributed by atoms with Gasteiger partial charge in [-0.05, 0) is 39.0 Å². The summed E-state index contributed by atoms with van der Waals surface area (Å²) in [6, 6.07) is -3.94. The van der Waals surface area contributed by atoms with E-state index in [1.54, 1.807) is 0 Å². The van der Waals surface area contributed by atoms with Gasteiger partial charge in [0.25, 0.3) is 0 Å². The number of aliphatic carboxylic acids is 4. The average Bonchev–Trinajstić information content (AvgIpc) is 3.21. The Labute approximate surface area is 366 Å². The third-order valence-corrected chi connectivity index (χ3v) is 8.90. The predicted octanol–water partition coefficient (Wildman–Crippen LogP) is -0.0914. The molecule has 63 heavy (non-hydrogen) atoms. The second-order valence-corrected chi connectivity index (χ2v) is 14.4. The molecule has 0 aromatic rings. The Kier molecular flexibility index (Phi) is 34.2. The third-order valence-electron chi connectivity index (χ3n) is 8.90. The van der Waals surface area contributed by atoms with Crippen molar-refractivity contribution < 1.29 is 87.3 Å². The number of Topliss-reactive ketones (excluding diaryl/α,β-unsaturated/α-hetero) is 1. The predicted molar refractivity (Wildman–Crippen MR) is 220 cm³/mol. The van der Waals surface area contributed by atoms with E-state index < -0.39 is 84.6 Å². The Hall–Kier alpha value is -5.26. The summed E-state index contributed by atoms with van der Waals surface area (Å²) in [6.07, 6.45) is 6.17. The fourth-order valence-electron chi connectivity index (χ4n) is 5.50. The maximum absolute atomic E-state index is 12.2. The van der Waals surface area contributed by atoms with E-state index in [1.165, 1.54) is 6.92 Å². The van der Waals surface area contributed by atoms with Crippen LogP contribution in [0.3, 0.4) is 0 Å². The van der Waals surface area contributed by atoms with E-state index in [0.29, 0.717) is 12.8 Å². The van der Waals surface area contributed by atoms with Crippen LogP contribution in [0, 0.1) is 0 Å². The number of ketones is 1. The summed E-state index contributed by atoms with van der Waals surface area (Å²) < 4.78 is 21.0. The molecule has 0 rings (SSSR count). The molecule has 23 nitrogen and oxygen atoms in total. The first-order valence-electron chi connectivity index (χ1n) is 21.1. The molecule has 23 heteroatoms. The highest BCUT2D eigenvalue weighted by Gasteiger charge is 2.24. The van der Waals surface area contributed by atoms with Crippen LogP contribution in [0.1, 0.15) is 110 Å². The maximum Gasteiger partial charge on any atom is 0.326 e. The number of nitrogens with one attached hydrogen (secondary N) is 5. The van der Waals surface area contributed by atoms with Crippen molar-refractivity contribution in [1.82, 2.24) is 26.6 Å². The molecule has 0 aromatic heterocycles. The number of carbonyl (C=O) groups is 10. The van der Waals surface area contributed by atoms with E-state index >= 15 is 0 Å². The van der Waals surface area contributed by atoms with Gasteiger partial charge in [-0.15, -0.1) is 0 Å². The summed E-state index contributed by atoms with van der Waals surface area (Å²) in [5.41, 5.74) is 0. The number of carboxylic acid groups (broad SMARTS) is 4. The molecule has 0 unspecified atom stereocenters. The summed E-state index contributed by atoms with van der Waals surface area (Å²) in [5.74, 6) is -7.74. The first-order valence-corrected chi connectivity index (χ1v) is 21.1. The van der Waals surface area contributed by atoms with E-state index in [4.69, 9.17) is 24.1 Å². The lowest BCUT2D eigenvalue weighted by atomic mass is 10.1. The Morgan fingerprint density at radius 3 is 1.22 bits per heavy atom. The summed E-state index contributed by atoms with van der Waals surface area (Å²) in [6.45, 7) is 1.36. The number of carbonyl (C=O) groups excluding carboxylic acids is 6. The number of unbranched alkanes of at least 4 members (excludes halogenated alkanes) is 7. The average molecular weight is 906 g/mol. The molecule has 0 spiro atoms. The normalized spacial score (nSPS) is 12.3. The first-order chi connectivity index (χ1) is 30.0. The van der Waals surface area contributed by atoms with Crippen molar-refractivity contribution in [1.29, 1.82) is 0 Å². The van der Waals surface area contributed by atoms with Crippen molar-refractivity contribution >= 4 is 59.2 Å². The van der Waals surface area contributed by atoms with Gasteiger partial charge in [0.15, 0.2) is 0 Å². The first kappa shape index (κ1) is 57.7. The molecule has 0 aliphatic carbocycles. The van der Waals surface area contributed by atoms with Gasteiger partial charge in [-0.1, -0.05) is 38.5 Å². The highest BCUT2D eigenvalue weighted by molar-refractivity contribution is 5.87. The minimum atomic E-state index is -1.44. The van der Waals surface area contributed by atoms with Gasteiger partial charge in [-0.3, -0.25) is 28.8 Å². The van der Waals surface area contributed by atoms with E-state index in [2.05, 4.69) is 26.6 Å². The van der Waals surface area contributed by atoms with E-state index in [1.807, 2.05) is 0 Å². The van der Waals surface area contributed by atoms with Crippen molar-refractivity contribution in [2.75, 3.05) is 65.9 Å². The van der Waals surface area contributed by atoms with Crippen LogP contribution in [0.2, 0.25) is 0 Å². The van der Waals surface area contributed by atoms with E-state index in [-0.39, 0.29) is 110 Å². The molecule has 9 N–H and O–H groups in total. The van der Waals surface area contributed by atoms with Gasteiger partial charge in [0.2, 0.25) is 29.5 Å². The molecule has 0 saturated carbocycles. The maximum atomic E-state index is 12.2. The molecule has 0 aliphatic rings. The van der Waals surface area contributed by atoms with Gasteiger partial charge >= 0.3 is 23.9 Å². The second kappa shape index (κ2) is 37.3. The molecule has 0 heterocycles. The zero-order valence-electron chi connectivity index (χ0n) is 36.1. The van der Waals surface area contributed by atoms with Crippen LogP contribution >= 0.6 is 0 Å². The number of rotatable bonds is 42. The SMILES string of the molecule is CC(=O)CC[C@H](NC(=O)CC[C@H](NC(=O)COCCOCCNC(=O)COCCOCCNC(=O)CC[C@H](NC(=O)CCCCCCCCCCC(=O)O)C(=O)O)C(=O)O)C(=O)O. The van der Waals surface area contributed by atoms with E-state index in [9.17, 15) is 63.3 Å². The van der Waals surface area contributed by atoms with Gasteiger partial charge in [0.1, 0.15) is 37.1 Å². The van der Waals surface area contributed by atoms with Crippen LogP contribution in [-0.4, -0.2) is 164 Å². The number of ether oxygens (including phenoxy) is 4. The number of hydrogen-bond acceptors (Lipinski definition) is 14. The second-order valence-electron chi connectivity index (χ2n) is 14.4. The van der Waals surface area contributed by atoms with Crippen LogP contribution in [0.15, 0.2) is 0 Å². The standard InChI is InChI=1S/C40H67N5O18/c1-28(46)12-13-29(38(54)55)44-34(49)17-15-31(40(58)59)45-36(51)27-63-25-23-61-21-19-42-35(50)26-62-24-22-60-20-18-41-32(47)16-14-30(39(56)57)43-33(48)10-8-6-4-2-3-5-7-9-11-37(52)53/h29-31H,2-27H2,1H3,(H,41,47)(H,42,50)(H,43,48)(H,44,49)(H,45,51)(H,52,53)(H,54,55)(H,56,57)(H,58,59)/t29-,30-,31-/m0/s1. The molecule has 5 amide bonds. The lowest BCUT2D eigenvalue weighted by Crippen LogP contribution is -2.45. The molecular formula is C40H67N5O18. The molecule has 0 bridgehead atoms. The minimum Gasteiger partial charge on any atom is -0.481 e. The number of hydrogen-bond donors (Lipinski definition) is 9. The molecule has 360 valence electrons. The fourth-order valence-corrected chi connectivity index (χ4v) is 5.50. The summed E-state index contributed by atoms with van der Waals surface area (Å²) >= 11 is 0. The van der Waals surface area contributed by atoms with Crippen LogP contribution < -0.4 is 26.6 Å². The van der Waals surface area contributed by atoms with E-state index in [0.717, 1.165) is 38.5 Å². The molecule has 3 atom stereocenters. The van der Waals surface area contributed by atoms with Gasteiger partial charge in [-0.25, -0.2) is 14.4 Å². The smallest absolute Gasteiger partial charge is 0.326 e. The largest absolute Gasteiger partial charge is 0.481 e. The fraction of sp³-hybridized carbons (Fsp3) is 0.750. The Morgan fingerprint density at radius 2 is 0.762 bits per heavy atom.